The number of aromatic nitrogens is 1. The van der Waals surface area contributed by atoms with Crippen molar-refractivity contribution in [2.24, 2.45) is 5.92 Å². The highest BCUT2D eigenvalue weighted by molar-refractivity contribution is 9.10. The topological polar surface area (TPSA) is 60.3 Å². The van der Waals surface area contributed by atoms with E-state index in [4.69, 9.17) is 4.74 Å². The number of nitrogens with zero attached hydrogens (tertiary/aromatic N) is 1. The van der Waals surface area contributed by atoms with Crippen molar-refractivity contribution in [2.75, 3.05) is 11.9 Å². The lowest BCUT2D eigenvalue weighted by Gasteiger charge is -2.14. The first kappa shape index (κ1) is 14.3. The van der Waals surface area contributed by atoms with Crippen LogP contribution in [-0.4, -0.2) is 23.2 Å². The van der Waals surface area contributed by atoms with Gasteiger partial charge in [0.1, 0.15) is 5.69 Å². The van der Waals surface area contributed by atoms with Crippen molar-refractivity contribution in [3.05, 3.63) is 27.1 Å². The summed E-state index contributed by atoms with van der Waals surface area (Å²) in [6.45, 7) is 5.17. The zero-order chi connectivity index (χ0) is 14.0. The molecular formula is C13H17BrN2O3. The fraction of sp³-hybridized carbons (Fsp3) is 0.538. The van der Waals surface area contributed by atoms with E-state index in [0.717, 1.165) is 6.54 Å². The van der Waals surface area contributed by atoms with Crippen molar-refractivity contribution in [1.29, 1.82) is 0 Å². The molecule has 1 saturated heterocycles. The maximum absolute atomic E-state index is 12.1. The van der Waals surface area contributed by atoms with Crippen molar-refractivity contribution >= 4 is 27.5 Å². The van der Waals surface area contributed by atoms with E-state index in [2.05, 4.69) is 21.2 Å². The predicted molar refractivity (Wildman–Crippen MR) is 76.2 cm³/mol. The first-order valence-corrected chi connectivity index (χ1v) is 7.14. The van der Waals surface area contributed by atoms with Crippen LogP contribution < -0.4 is 10.7 Å². The molecule has 1 aromatic rings. The number of hydrogen-bond donors (Lipinski definition) is 1. The van der Waals surface area contributed by atoms with Crippen LogP contribution in [-0.2, 0) is 16.1 Å². The molecule has 0 spiro atoms. The molecule has 1 aromatic heterocycles. The molecule has 2 heterocycles. The molecule has 1 amide bonds. The Morgan fingerprint density at radius 3 is 2.89 bits per heavy atom. The summed E-state index contributed by atoms with van der Waals surface area (Å²) in [7, 11) is 0. The molecule has 2 unspecified atom stereocenters. The second-order valence-corrected chi connectivity index (χ2v) is 5.49. The number of halogens is 1. The number of anilines is 1. The van der Waals surface area contributed by atoms with Crippen LogP contribution >= 0.6 is 15.9 Å². The number of rotatable bonds is 3. The van der Waals surface area contributed by atoms with Gasteiger partial charge in [-0.3, -0.25) is 9.59 Å². The molecule has 0 bridgehead atoms. The van der Waals surface area contributed by atoms with Gasteiger partial charge in [-0.25, -0.2) is 0 Å². The standard InChI is InChI=1S/C13H17BrN2O3/c1-3-16-6-10(14)12(17)11(7-16)15-13(18)9-4-5-19-8(9)2/h6-9H,3-5H2,1-2H3,(H,15,18). The number of aryl methyl sites for hydroxylation is 1. The number of hydrogen-bond acceptors (Lipinski definition) is 3. The summed E-state index contributed by atoms with van der Waals surface area (Å²) in [5, 5.41) is 2.72. The number of carbonyl (C=O) groups excluding carboxylic acids is 1. The summed E-state index contributed by atoms with van der Waals surface area (Å²) in [5.74, 6) is -0.337. The molecule has 0 saturated carbocycles. The highest BCUT2D eigenvalue weighted by Gasteiger charge is 2.31. The molecule has 1 fully saturated rings. The molecule has 0 aliphatic carbocycles. The summed E-state index contributed by atoms with van der Waals surface area (Å²) in [4.78, 5) is 24.1. The number of nitrogens with one attached hydrogen (secondary N) is 1. The Morgan fingerprint density at radius 1 is 1.58 bits per heavy atom. The van der Waals surface area contributed by atoms with Gasteiger partial charge in [-0.15, -0.1) is 0 Å². The van der Waals surface area contributed by atoms with Crippen molar-refractivity contribution in [2.45, 2.75) is 32.9 Å². The molecule has 2 rings (SSSR count). The second-order valence-electron chi connectivity index (χ2n) is 4.64. The van der Waals surface area contributed by atoms with E-state index in [0.29, 0.717) is 23.2 Å². The SMILES string of the molecule is CCn1cc(Br)c(=O)c(NC(=O)C2CCOC2C)c1. The Hall–Kier alpha value is -1.14. The number of ether oxygens (including phenoxy) is 1. The van der Waals surface area contributed by atoms with Gasteiger partial charge in [0.25, 0.3) is 0 Å². The van der Waals surface area contributed by atoms with Crippen LogP contribution in [0.15, 0.2) is 21.7 Å². The number of pyridine rings is 1. The van der Waals surface area contributed by atoms with E-state index < -0.39 is 0 Å². The van der Waals surface area contributed by atoms with E-state index in [1.807, 2.05) is 18.4 Å². The van der Waals surface area contributed by atoms with Crippen LogP contribution in [0, 0.1) is 5.92 Å². The molecule has 19 heavy (non-hydrogen) atoms. The molecular weight excluding hydrogens is 312 g/mol. The minimum absolute atomic E-state index is 0.0967. The van der Waals surface area contributed by atoms with Gasteiger partial charge >= 0.3 is 0 Å². The van der Waals surface area contributed by atoms with E-state index in [-0.39, 0.29) is 23.4 Å². The second kappa shape index (κ2) is 5.88. The van der Waals surface area contributed by atoms with E-state index in [1.165, 1.54) is 0 Å². The average molecular weight is 329 g/mol. The largest absolute Gasteiger partial charge is 0.378 e. The molecule has 104 valence electrons. The quantitative estimate of drug-likeness (QED) is 0.923. The van der Waals surface area contributed by atoms with Crippen LogP contribution in [0.2, 0.25) is 0 Å². The molecule has 0 radical (unpaired) electrons. The smallest absolute Gasteiger partial charge is 0.230 e. The number of amides is 1. The summed E-state index contributed by atoms with van der Waals surface area (Å²) in [5.41, 5.74) is 0.102. The van der Waals surface area contributed by atoms with Crippen molar-refractivity contribution in [3.8, 4) is 0 Å². The summed E-state index contributed by atoms with van der Waals surface area (Å²) < 4.78 is 7.66. The maximum Gasteiger partial charge on any atom is 0.230 e. The zero-order valence-electron chi connectivity index (χ0n) is 11.0. The summed E-state index contributed by atoms with van der Waals surface area (Å²) in [6, 6.07) is 0. The van der Waals surface area contributed by atoms with Gasteiger partial charge in [-0.1, -0.05) is 0 Å². The Labute approximate surface area is 120 Å². The van der Waals surface area contributed by atoms with Gasteiger partial charge in [0.05, 0.1) is 16.5 Å². The maximum atomic E-state index is 12.1. The van der Waals surface area contributed by atoms with Crippen molar-refractivity contribution < 1.29 is 9.53 Å². The fourth-order valence-corrected chi connectivity index (χ4v) is 2.64. The van der Waals surface area contributed by atoms with E-state index >= 15 is 0 Å². The molecule has 1 aliphatic heterocycles. The molecule has 2 atom stereocenters. The third-order valence-electron chi connectivity index (χ3n) is 3.37. The molecule has 6 heteroatoms. The van der Waals surface area contributed by atoms with Gasteiger partial charge in [0, 0.05) is 25.5 Å². The fourth-order valence-electron chi connectivity index (χ4n) is 2.17. The van der Waals surface area contributed by atoms with Gasteiger partial charge in [-0.2, -0.15) is 0 Å². The van der Waals surface area contributed by atoms with Crippen LogP contribution in [0.25, 0.3) is 0 Å². The lowest BCUT2D eigenvalue weighted by molar-refractivity contribution is -0.121. The van der Waals surface area contributed by atoms with Crippen molar-refractivity contribution in [3.63, 3.8) is 0 Å². The third kappa shape index (κ3) is 3.06. The van der Waals surface area contributed by atoms with E-state index in [1.54, 1.807) is 12.4 Å². The average Bonchev–Trinajstić information content (AvgIpc) is 2.80. The normalized spacial score (nSPS) is 22.5. The Kier molecular flexibility index (Phi) is 4.42. The highest BCUT2D eigenvalue weighted by Crippen LogP contribution is 2.22. The van der Waals surface area contributed by atoms with Crippen LogP contribution in [0.5, 0.6) is 0 Å². The zero-order valence-corrected chi connectivity index (χ0v) is 12.6. The first-order chi connectivity index (χ1) is 9.02. The molecule has 5 nitrogen and oxygen atoms in total. The first-order valence-electron chi connectivity index (χ1n) is 6.35. The number of carbonyl (C=O) groups is 1. The van der Waals surface area contributed by atoms with Crippen molar-refractivity contribution in [1.82, 2.24) is 4.57 Å². The summed E-state index contributed by atoms with van der Waals surface area (Å²) >= 11 is 3.21. The van der Waals surface area contributed by atoms with Gasteiger partial charge in [0.2, 0.25) is 11.3 Å². The third-order valence-corrected chi connectivity index (χ3v) is 3.94. The van der Waals surface area contributed by atoms with Crippen LogP contribution in [0.4, 0.5) is 5.69 Å². The summed E-state index contributed by atoms with van der Waals surface area (Å²) in [6.07, 6.45) is 3.97. The minimum Gasteiger partial charge on any atom is -0.378 e. The Morgan fingerprint density at radius 2 is 2.32 bits per heavy atom. The predicted octanol–water partition coefficient (Wildman–Crippen LogP) is 1.99. The Bertz CT molecular complexity index is 541. The van der Waals surface area contributed by atoms with Gasteiger partial charge in [0.15, 0.2) is 0 Å². The Balaban J connectivity index is 2.21. The van der Waals surface area contributed by atoms with Crippen LogP contribution in [0.1, 0.15) is 20.3 Å². The highest BCUT2D eigenvalue weighted by atomic mass is 79.9. The molecule has 0 aromatic carbocycles. The van der Waals surface area contributed by atoms with Gasteiger partial charge in [-0.05, 0) is 36.2 Å². The van der Waals surface area contributed by atoms with Crippen LogP contribution in [0.3, 0.4) is 0 Å². The lowest BCUT2D eigenvalue weighted by Crippen LogP contribution is -2.30. The van der Waals surface area contributed by atoms with Gasteiger partial charge < -0.3 is 14.6 Å². The molecule has 1 aliphatic rings. The minimum atomic E-state index is -0.204. The van der Waals surface area contributed by atoms with E-state index in [9.17, 15) is 9.59 Å². The lowest BCUT2D eigenvalue weighted by atomic mass is 10.0. The monoisotopic (exact) mass is 328 g/mol. The molecule has 1 N–H and O–H groups in total.